The lowest BCUT2D eigenvalue weighted by Gasteiger charge is -2.18. The van der Waals surface area contributed by atoms with E-state index in [4.69, 9.17) is 5.73 Å². The summed E-state index contributed by atoms with van der Waals surface area (Å²) >= 11 is 0. The van der Waals surface area contributed by atoms with Crippen molar-refractivity contribution in [2.45, 2.75) is 26.2 Å². The second-order valence-corrected chi connectivity index (χ2v) is 6.17. The Labute approximate surface area is 121 Å². The Hall–Kier alpha value is -1.71. The van der Waals surface area contributed by atoms with Gasteiger partial charge in [-0.1, -0.05) is 13.3 Å². The molecule has 1 fully saturated rings. The molecule has 2 rings (SSSR count). The molecule has 0 aromatic heterocycles. The summed E-state index contributed by atoms with van der Waals surface area (Å²) in [4.78, 5) is 14.3. The standard InChI is InChI=1S/C16H25N3O/c1-11-4-5-12(8-11)10-18-16(20)14-9-13(17)6-7-15(14)19(2)3/h6-7,9,11-12H,4-5,8,10,17H2,1-3H3,(H,18,20). The monoisotopic (exact) mass is 275 g/mol. The number of rotatable bonds is 4. The summed E-state index contributed by atoms with van der Waals surface area (Å²) in [7, 11) is 3.86. The molecule has 3 N–H and O–H groups in total. The van der Waals surface area contributed by atoms with E-state index in [2.05, 4.69) is 12.2 Å². The minimum atomic E-state index is -0.0273. The zero-order valence-electron chi connectivity index (χ0n) is 12.6. The molecule has 0 spiro atoms. The van der Waals surface area contributed by atoms with Crippen LogP contribution in [0.3, 0.4) is 0 Å². The number of nitrogens with zero attached hydrogens (tertiary/aromatic N) is 1. The number of carbonyl (C=O) groups is 1. The van der Waals surface area contributed by atoms with E-state index in [-0.39, 0.29) is 5.91 Å². The number of nitrogens with two attached hydrogens (primary N) is 1. The SMILES string of the molecule is CC1CCC(CNC(=O)c2cc(N)ccc2N(C)C)C1. The number of hydrogen-bond acceptors (Lipinski definition) is 3. The van der Waals surface area contributed by atoms with Gasteiger partial charge in [0.1, 0.15) is 0 Å². The highest BCUT2D eigenvalue weighted by Crippen LogP contribution is 2.29. The molecule has 110 valence electrons. The lowest BCUT2D eigenvalue weighted by atomic mass is 10.1. The first-order valence-electron chi connectivity index (χ1n) is 7.32. The summed E-state index contributed by atoms with van der Waals surface area (Å²) in [6.07, 6.45) is 3.72. The van der Waals surface area contributed by atoms with Gasteiger partial charge in [0.05, 0.1) is 5.56 Å². The molecule has 20 heavy (non-hydrogen) atoms. The number of anilines is 2. The maximum Gasteiger partial charge on any atom is 0.253 e. The summed E-state index contributed by atoms with van der Waals surface area (Å²) in [5.41, 5.74) is 7.98. The van der Waals surface area contributed by atoms with Crippen LogP contribution < -0.4 is 16.0 Å². The van der Waals surface area contributed by atoms with Gasteiger partial charge >= 0.3 is 0 Å². The number of benzene rings is 1. The summed E-state index contributed by atoms with van der Waals surface area (Å²) < 4.78 is 0. The third-order valence-electron chi connectivity index (χ3n) is 4.10. The van der Waals surface area contributed by atoms with Crippen LogP contribution in [0, 0.1) is 11.8 Å². The fraction of sp³-hybridized carbons (Fsp3) is 0.562. The van der Waals surface area contributed by atoms with Gasteiger partial charge in [-0.25, -0.2) is 0 Å². The zero-order chi connectivity index (χ0) is 14.7. The minimum absolute atomic E-state index is 0.0273. The minimum Gasteiger partial charge on any atom is -0.399 e. The van der Waals surface area contributed by atoms with E-state index in [9.17, 15) is 4.79 Å². The number of carbonyl (C=O) groups excluding carboxylic acids is 1. The zero-order valence-corrected chi connectivity index (χ0v) is 12.6. The summed E-state index contributed by atoms with van der Waals surface area (Å²) in [6, 6.07) is 5.47. The van der Waals surface area contributed by atoms with Crippen molar-refractivity contribution in [3.63, 3.8) is 0 Å². The molecule has 2 atom stereocenters. The molecule has 1 saturated carbocycles. The van der Waals surface area contributed by atoms with Crippen molar-refractivity contribution in [2.75, 3.05) is 31.3 Å². The van der Waals surface area contributed by atoms with E-state index >= 15 is 0 Å². The van der Waals surface area contributed by atoms with E-state index in [1.165, 1.54) is 19.3 Å². The third-order valence-corrected chi connectivity index (χ3v) is 4.10. The molecule has 1 aliphatic rings. The van der Waals surface area contributed by atoms with Gasteiger partial charge in [-0.2, -0.15) is 0 Å². The van der Waals surface area contributed by atoms with Gasteiger partial charge in [-0.15, -0.1) is 0 Å². The summed E-state index contributed by atoms with van der Waals surface area (Å²) in [5.74, 6) is 1.39. The molecule has 4 heteroatoms. The molecule has 1 aliphatic carbocycles. The normalized spacial score (nSPS) is 21.8. The van der Waals surface area contributed by atoms with Gasteiger partial charge in [0.25, 0.3) is 5.91 Å². The number of nitrogens with one attached hydrogen (secondary N) is 1. The third kappa shape index (κ3) is 3.44. The van der Waals surface area contributed by atoms with E-state index in [1.807, 2.05) is 31.1 Å². The van der Waals surface area contributed by atoms with Crippen LogP contribution in [0.1, 0.15) is 36.5 Å². The Morgan fingerprint density at radius 2 is 2.15 bits per heavy atom. The van der Waals surface area contributed by atoms with E-state index < -0.39 is 0 Å². The maximum atomic E-state index is 12.4. The molecule has 4 nitrogen and oxygen atoms in total. The molecule has 2 unspecified atom stereocenters. The number of hydrogen-bond donors (Lipinski definition) is 2. The summed E-state index contributed by atoms with van der Waals surface area (Å²) in [6.45, 7) is 3.05. The molecule has 0 saturated heterocycles. The van der Waals surface area contributed by atoms with Crippen molar-refractivity contribution >= 4 is 17.3 Å². The highest BCUT2D eigenvalue weighted by molar-refractivity contribution is 6.00. The van der Waals surface area contributed by atoms with Crippen LogP contribution in [0.15, 0.2) is 18.2 Å². The number of nitrogen functional groups attached to an aromatic ring is 1. The molecule has 1 amide bonds. The molecular formula is C16H25N3O. The average molecular weight is 275 g/mol. The van der Waals surface area contributed by atoms with Crippen LogP contribution in [0.2, 0.25) is 0 Å². The molecule has 0 bridgehead atoms. The highest BCUT2D eigenvalue weighted by atomic mass is 16.1. The van der Waals surface area contributed by atoms with Crippen molar-refractivity contribution in [1.82, 2.24) is 5.32 Å². The van der Waals surface area contributed by atoms with Crippen LogP contribution in [0.4, 0.5) is 11.4 Å². The van der Waals surface area contributed by atoms with Gasteiger partial charge in [-0.3, -0.25) is 4.79 Å². The molecular weight excluding hydrogens is 250 g/mol. The molecule has 0 aliphatic heterocycles. The van der Waals surface area contributed by atoms with Crippen LogP contribution in [0.5, 0.6) is 0 Å². The van der Waals surface area contributed by atoms with Crippen molar-refractivity contribution < 1.29 is 4.79 Å². The van der Waals surface area contributed by atoms with E-state index in [1.54, 1.807) is 6.07 Å². The van der Waals surface area contributed by atoms with Crippen molar-refractivity contribution in [1.29, 1.82) is 0 Å². The van der Waals surface area contributed by atoms with Gasteiger partial charge in [0.2, 0.25) is 0 Å². The van der Waals surface area contributed by atoms with Gasteiger partial charge < -0.3 is 16.0 Å². The van der Waals surface area contributed by atoms with Crippen molar-refractivity contribution in [3.8, 4) is 0 Å². The highest BCUT2D eigenvalue weighted by Gasteiger charge is 2.22. The Morgan fingerprint density at radius 1 is 1.40 bits per heavy atom. The Kier molecular flexibility index (Phi) is 4.53. The van der Waals surface area contributed by atoms with E-state index in [0.717, 1.165) is 18.2 Å². The first-order chi connectivity index (χ1) is 9.47. The molecule has 0 radical (unpaired) electrons. The van der Waals surface area contributed by atoms with Crippen LogP contribution in [0.25, 0.3) is 0 Å². The predicted octanol–water partition coefficient (Wildman–Crippen LogP) is 2.50. The Bertz CT molecular complexity index is 485. The smallest absolute Gasteiger partial charge is 0.253 e. The second kappa shape index (κ2) is 6.16. The molecule has 0 heterocycles. The lowest BCUT2D eigenvalue weighted by Crippen LogP contribution is -2.30. The largest absolute Gasteiger partial charge is 0.399 e. The fourth-order valence-corrected chi connectivity index (χ4v) is 2.97. The topological polar surface area (TPSA) is 58.4 Å². The Morgan fingerprint density at radius 3 is 2.75 bits per heavy atom. The first kappa shape index (κ1) is 14.7. The van der Waals surface area contributed by atoms with Gasteiger partial charge in [-0.05, 0) is 42.9 Å². The first-order valence-corrected chi connectivity index (χ1v) is 7.32. The maximum absolute atomic E-state index is 12.4. The molecule has 1 aromatic carbocycles. The van der Waals surface area contributed by atoms with E-state index in [0.29, 0.717) is 17.2 Å². The predicted molar refractivity (Wildman–Crippen MR) is 84.0 cm³/mol. The number of amides is 1. The van der Waals surface area contributed by atoms with Gasteiger partial charge in [0, 0.05) is 32.0 Å². The fourth-order valence-electron chi connectivity index (χ4n) is 2.97. The quantitative estimate of drug-likeness (QED) is 0.830. The Balaban J connectivity index is 2.03. The van der Waals surface area contributed by atoms with Crippen LogP contribution in [-0.2, 0) is 0 Å². The second-order valence-electron chi connectivity index (χ2n) is 6.17. The van der Waals surface area contributed by atoms with Crippen molar-refractivity contribution in [2.24, 2.45) is 11.8 Å². The lowest BCUT2D eigenvalue weighted by molar-refractivity contribution is 0.0947. The van der Waals surface area contributed by atoms with Crippen molar-refractivity contribution in [3.05, 3.63) is 23.8 Å². The van der Waals surface area contributed by atoms with Crippen LogP contribution in [-0.4, -0.2) is 26.5 Å². The average Bonchev–Trinajstić information content (AvgIpc) is 2.81. The van der Waals surface area contributed by atoms with Gasteiger partial charge in [0.15, 0.2) is 0 Å². The molecule has 1 aromatic rings. The summed E-state index contributed by atoms with van der Waals surface area (Å²) in [5, 5.41) is 3.06. The van der Waals surface area contributed by atoms with Crippen LogP contribution >= 0.6 is 0 Å².